The Labute approximate surface area is 152 Å². The van der Waals surface area contributed by atoms with Crippen molar-refractivity contribution in [1.82, 2.24) is 9.88 Å². The fraction of sp³-hybridized carbons (Fsp3) is 0.278. The van der Waals surface area contributed by atoms with E-state index in [4.69, 9.17) is 15.2 Å². The van der Waals surface area contributed by atoms with Crippen molar-refractivity contribution >= 4 is 17.6 Å². The molecule has 8 nitrogen and oxygen atoms in total. The molecule has 0 atom stereocenters. The molecular formula is C18H16FN3O5. The second-order valence-electron chi connectivity index (χ2n) is 6.29. The Morgan fingerprint density at radius 2 is 1.93 bits per heavy atom. The van der Waals surface area contributed by atoms with Gasteiger partial charge in [0.15, 0.2) is 5.82 Å². The lowest BCUT2D eigenvalue weighted by Crippen LogP contribution is -2.28. The minimum absolute atomic E-state index is 0.123. The van der Waals surface area contributed by atoms with Gasteiger partial charge in [-0.15, -0.1) is 0 Å². The van der Waals surface area contributed by atoms with Gasteiger partial charge in [-0.25, -0.2) is 4.39 Å². The van der Waals surface area contributed by atoms with Gasteiger partial charge in [-0.05, 0) is 12.1 Å². The van der Waals surface area contributed by atoms with Crippen LogP contribution in [-0.4, -0.2) is 35.7 Å². The van der Waals surface area contributed by atoms with Crippen LogP contribution in [0.3, 0.4) is 0 Å². The van der Waals surface area contributed by atoms with E-state index in [-0.39, 0.29) is 34.5 Å². The molecule has 0 bridgehead atoms. The highest BCUT2D eigenvalue weighted by molar-refractivity contribution is 6.23. The summed E-state index contributed by atoms with van der Waals surface area (Å²) >= 11 is 0. The largest absolute Gasteiger partial charge is 0.488 e. The lowest BCUT2D eigenvalue weighted by molar-refractivity contribution is 0.0254. The number of nitrogens with zero attached hydrogens (tertiary/aromatic N) is 1. The summed E-state index contributed by atoms with van der Waals surface area (Å²) in [4.78, 5) is 36.4. The third-order valence-corrected chi connectivity index (χ3v) is 4.59. The van der Waals surface area contributed by atoms with Crippen LogP contribution in [0.1, 0.15) is 33.6 Å². The maximum absolute atomic E-state index is 14.7. The van der Waals surface area contributed by atoms with Crippen LogP contribution in [0.5, 0.6) is 5.75 Å². The van der Waals surface area contributed by atoms with Gasteiger partial charge in [-0.1, -0.05) is 6.07 Å². The maximum atomic E-state index is 14.7. The summed E-state index contributed by atoms with van der Waals surface area (Å²) in [6.45, 7) is 1.05. The summed E-state index contributed by atoms with van der Waals surface area (Å²) in [5.74, 6) is -2.37. The molecule has 2 aliphatic heterocycles. The summed E-state index contributed by atoms with van der Waals surface area (Å²) < 4.78 is 26.7. The van der Waals surface area contributed by atoms with Gasteiger partial charge in [-0.3, -0.25) is 24.3 Å². The first-order valence-electron chi connectivity index (χ1n) is 8.42. The van der Waals surface area contributed by atoms with Crippen LogP contribution in [-0.2, 0) is 4.74 Å². The number of pyridine rings is 1. The second-order valence-corrected chi connectivity index (χ2v) is 6.29. The molecule has 140 valence electrons. The molecule has 0 radical (unpaired) electrons. The number of carbonyl (C=O) groups is 2. The molecule has 2 aliphatic rings. The van der Waals surface area contributed by atoms with Gasteiger partial charge in [0, 0.05) is 18.9 Å². The van der Waals surface area contributed by atoms with Crippen molar-refractivity contribution in [2.24, 2.45) is 0 Å². The molecule has 0 aliphatic carbocycles. The SMILES string of the molecule is Nc1c2c(cc(=O)n1-c1c(F)cccc1OC1CCOCC1)C(=O)NC2=O. The lowest BCUT2D eigenvalue weighted by atomic mass is 10.1. The molecule has 2 aromatic rings. The Morgan fingerprint density at radius 1 is 1.19 bits per heavy atom. The number of para-hydroxylation sites is 1. The molecule has 0 unspecified atom stereocenters. The molecule has 0 saturated carbocycles. The first kappa shape index (κ1) is 17.2. The first-order valence-corrected chi connectivity index (χ1v) is 8.42. The number of hydrogen-bond donors (Lipinski definition) is 2. The number of halogens is 1. The zero-order valence-corrected chi connectivity index (χ0v) is 14.2. The standard InChI is InChI=1S/C18H16FN3O5/c19-11-2-1-3-12(27-9-4-6-26-7-5-9)15(11)22-13(23)8-10-14(16(22)20)18(25)21-17(10)24/h1-3,8-9H,4-7,20H2,(H,21,24,25). The van der Waals surface area contributed by atoms with Crippen molar-refractivity contribution in [3.8, 4) is 11.4 Å². The summed E-state index contributed by atoms with van der Waals surface area (Å²) in [6.07, 6.45) is 1.05. The third kappa shape index (κ3) is 2.85. The highest BCUT2D eigenvalue weighted by Crippen LogP contribution is 2.31. The predicted octanol–water partition coefficient (Wildman–Crippen LogP) is 1.00. The number of aromatic nitrogens is 1. The van der Waals surface area contributed by atoms with E-state index < -0.39 is 23.2 Å². The van der Waals surface area contributed by atoms with Crippen LogP contribution in [0, 0.1) is 5.82 Å². The monoisotopic (exact) mass is 373 g/mol. The van der Waals surface area contributed by atoms with Gasteiger partial charge < -0.3 is 15.2 Å². The normalized spacial score (nSPS) is 16.9. The Kier molecular flexibility index (Phi) is 4.15. The number of anilines is 1. The van der Waals surface area contributed by atoms with Gasteiger partial charge >= 0.3 is 0 Å². The van der Waals surface area contributed by atoms with Crippen LogP contribution < -0.4 is 21.3 Å². The molecule has 1 fully saturated rings. The quantitative estimate of drug-likeness (QED) is 0.776. The molecule has 3 heterocycles. The highest BCUT2D eigenvalue weighted by atomic mass is 19.1. The number of carbonyl (C=O) groups excluding carboxylic acids is 2. The number of nitrogens with two attached hydrogens (primary N) is 1. The molecule has 4 rings (SSSR count). The van der Waals surface area contributed by atoms with Crippen LogP contribution in [0.2, 0.25) is 0 Å². The van der Waals surface area contributed by atoms with Gasteiger partial charge in [-0.2, -0.15) is 0 Å². The second kappa shape index (κ2) is 6.51. The van der Waals surface area contributed by atoms with E-state index in [0.717, 1.165) is 16.7 Å². The van der Waals surface area contributed by atoms with Crippen molar-refractivity contribution in [1.29, 1.82) is 0 Å². The van der Waals surface area contributed by atoms with Crippen LogP contribution in [0.4, 0.5) is 10.2 Å². The Morgan fingerprint density at radius 3 is 2.67 bits per heavy atom. The molecule has 27 heavy (non-hydrogen) atoms. The zero-order valence-electron chi connectivity index (χ0n) is 14.2. The van der Waals surface area contributed by atoms with Gasteiger partial charge in [0.1, 0.15) is 23.4 Å². The average Bonchev–Trinajstić information content (AvgIpc) is 2.92. The summed E-state index contributed by atoms with van der Waals surface area (Å²) in [5, 5.41) is 2.07. The van der Waals surface area contributed by atoms with Gasteiger partial charge in [0.25, 0.3) is 17.4 Å². The fourth-order valence-electron chi connectivity index (χ4n) is 3.29. The summed E-state index contributed by atoms with van der Waals surface area (Å²) in [6, 6.07) is 5.11. The molecule has 9 heteroatoms. The van der Waals surface area contributed by atoms with Crippen molar-refractivity contribution in [2.45, 2.75) is 18.9 Å². The predicted molar refractivity (Wildman–Crippen MR) is 92.7 cm³/mol. The molecule has 1 aromatic heterocycles. The number of nitrogen functional groups attached to an aromatic ring is 1. The van der Waals surface area contributed by atoms with Crippen molar-refractivity contribution < 1.29 is 23.5 Å². The molecule has 0 spiro atoms. The average molecular weight is 373 g/mol. The number of fused-ring (bicyclic) bond motifs is 1. The summed E-state index contributed by atoms with van der Waals surface area (Å²) in [7, 11) is 0. The molecule has 1 aromatic carbocycles. The van der Waals surface area contributed by atoms with Crippen molar-refractivity contribution in [3.05, 3.63) is 51.6 Å². The van der Waals surface area contributed by atoms with Crippen LogP contribution >= 0.6 is 0 Å². The van der Waals surface area contributed by atoms with Crippen molar-refractivity contribution in [2.75, 3.05) is 18.9 Å². The number of nitrogens with one attached hydrogen (secondary N) is 1. The van der Waals surface area contributed by atoms with Gasteiger partial charge in [0.2, 0.25) is 0 Å². The number of amides is 2. The molecule has 1 saturated heterocycles. The van der Waals surface area contributed by atoms with Crippen LogP contribution in [0.15, 0.2) is 29.1 Å². The van der Waals surface area contributed by atoms with E-state index in [1.54, 1.807) is 0 Å². The highest BCUT2D eigenvalue weighted by Gasteiger charge is 2.33. The number of rotatable bonds is 3. The third-order valence-electron chi connectivity index (χ3n) is 4.59. The smallest absolute Gasteiger partial charge is 0.262 e. The van der Waals surface area contributed by atoms with Gasteiger partial charge in [0.05, 0.1) is 24.3 Å². The topological polar surface area (TPSA) is 113 Å². The zero-order chi connectivity index (χ0) is 19.1. The Balaban J connectivity index is 1.87. The number of ether oxygens (including phenoxy) is 2. The number of imide groups is 1. The van der Waals surface area contributed by atoms with Crippen LogP contribution in [0.25, 0.3) is 5.69 Å². The van der Waals surface area contributed by atoms with E-state index in [1.807, 2.05) is 0 Å². The minimum Gasteiger partial charge on any atom is -0.488 e. The molecule has 2 amide bonds. The number of hydrogen-bond acceptors (Lipinski definition) is 6. The van der Waals surface area contributed by atoms with E-state index in [9.17, 15) is 18.8 Å². The fourth-order valence-corrected chi connectivity index (χ4v) is 3.29. The number of benzene rings is 1. The minimum atomic E-state index is -0.738. The molecule has 3 N–H and O–H groups in total. The summed E-state index contributed by atoms with van der Waals surface area (Å²) in [5.41, 5.74) is 4.79. The Hall–Kier alpha value is -3.20. The van der Waals surface area contributed by atoms with Crippen molar-refractivity contribution in [3.63, 3.8) is 0 Å². The van der Waals surface area contributed by atoms with E-state index in [1.165, 1.54) is 12.1 Å². The molecular weight excluding hydrogens is 357 g/mol. The van der Waals surface area contributed by atoms with E-state index in [2.05, 4.69) is 5.32 Å². The first-order chi connectivity index (χ1) is 13.0. The Bertz CT molecular complexity index is 1010. The lowest BCUT2D eigenvalue weighted by Gasteiger charge is -2.25. The maximum Gasteiger partial charge on any atom is 0.262 e. The van der Waals surface area contributed by atoms with E-state index >= 15 is 0 Å². The van der Waals surface area contributed by atoms with E-state index in [0.29, 0.717) is 26.1 Å².